The molecule has 1 atom stereocenters. The van der Waals surface area contributed by atoms with Crippen molar-refractivity contribution >= 4 is 17.5 Å². The Morgan fingerprint density at radius 3 is 2.58 bits per heavy atom. The number of piperazine rings is 1. The first-order valence-electron chi connectivity index (χ1n) is 9.76. The molecule has 5 nitrogen and oxygen atoms in total. The van der Waals surface area contributed by atoms with Crippen LogP contribution in [0.25, 0.3) is 0 Å². The molecule has 26 heavy (non-hydrogen) atoms. The van der Waals surface area contributed by atoms with Crippen LogP contribution in [0.5, 0.6) is 0 Å². The van der Waals surface area contributed by atoms with E-state index in [0.29, 0.717) is 18.9 Å². The Balaban J connectivity index is 1.26. The summed E-state index contributed by atoms with van der Waals surface area (Å²) in [6, 6.07) is 8.17. The number of benzene rings is 1. The van der Waals surface area contributed by atoms with Crippen LogP contribution in [0.4, 0.5) is 5.69 Å². The van der Waals surface area contributed by atoms with Gasteiger partial charge in [-0.2, -0.15) is 0 Å². The molecule has 5 heteroatoms. The van der Waals surface area contributed by atoms with Crippen LogP contribution in [-0.4, -0.2) is 60.9 Å². The number of hydrogen-bond donors (Lipinski definition) is 0. The van der Waals surface area contributed by atoms with E-state index >= 15 is 0 Å². The Labute approximate surface area is 155 Å². The smallest absolute Gasteiger partial charge is 0.241 e. The van der Waals surface area contributed by atoms with Gasteiger partial charge in [0.15, 0.2) is 0 Å². The van der Waals surface area contributed by atoms with Crippen molar-refractivity contribution in [1.82, 2.24) is 9.80 Å². The van der Waals surface area contributed by atoms with Gasteiger partial charge in [-0.05, 0) is 36.8 Å². The van der Waals surface area contributed by atoms with Crippen LogP contribution in [-0.2, 0) is 16.0 Å². The van der Waals surface area contributed by atoms with Crippen LogP contribution < -0.4 is 4.90 Å². The molecule has 3 aliphatic rings. The zero-order valence-electron chi connectivity index (χ0n) is 15.3. The topological polar surface area (TPSA) is 43.9 Å². The normalized spacial score (nSPS) is 22.7. The molecular weight excluding hydrogens is 326 g/mol. The fraction of sp³-hybridized carbons (Fsp3) is 0.524. The lowest BCUT2D eigenvalue weighted by molar-refractivity contribution is -0.133. The third-order valence-electron chi connectivity index (χ3n) is 5.82. The number of fused-ring (bicyclic) bond motifs is 1. The van der Waals surface area contributed by atoms with E-state index in [1.807, 2.05) is 28.0 Å². The molecule has 0 saturated carbocycles. The fourth-order valence-electron chi connectivity index (χ4n) is 4.25. The van der Waals surface area contributed by atoms with Crippen molar-refractivity contribution in [2.45, 2.75) is 25.7 Å². The van der Waals surface area contributed by atoms with Gasteiger partial charge < -0.3 is 9.80 Å². The SMILES string of the molecule is O=C(C[C@H]1C=CCC1)N1CCN(CC(=O)N2CCc3ccccc32)CC1. The maximum atomic E-state index is 12.7. The number of carbonyl (C=O) groups is 2. The quantitative estimate of drug-likeness (QED) is 0.779. The molecule has 0 unspecified atom stereocenters. The molecule has 2 aliphatic heterocycles. The molecule has 1 aromatic carbocycles. The van der Waals surface area contributed by atoms with E-state index < -0.39 is 0 Å². The Bertz CT molecular complexity index is 707. The molecular formula is C21H27N3O2. The summed E-state index contributed by atoms with van der Waals surface area (Å²) in [7, 11) is 0. The van der Waals surface area contributed by atoms with E-state index in [2.05, 4.69) is 23.1 Å². The van der Waals surface area contributed by atoms with Crippen molar-refractivity contribution in [3.8, 4) is 0 Å². The summed E-state index contributed by atoms with van der Waals surface area (Å²) in [6.45, 7) is 4.27. The van der Waals surface area contributed by atoms with Crippen molar-refractivity contribution < 1.29 is 9.59 Å². The monoisotopic (exact) mass is 353 g/mol. The number of allylic oxidation sites excluding steroid dienone is 2. The maximum Gasteiger partial charge on any atom is 0.241 e. The Kier molecular flexibility index (Phi) is 5.07. The van der Waals surface area contributed by atoms with E-state index in [0.717, 1.165) is 57.7 Å². The molecule has 2 heterocycles. The summed E-state index contributed by atoms with van der Waals surface area (Å²) in [5, 5.41) is 0. The van der Waals surface area contributed by atoms with Crippen molar-refractivity contribution in [2.75, 3.05) is 44.2 Å². The van der Waals surface area contributed by atoms with E-state index in [1.54, 1.807) is 0 Å². The molecule has 138 valence electrons. The minimum Gasteiger partial charge on any atom is -0.340 e. The van der Waals surface area contributed by atoms with E-state index in [9.17, 15) is 9.59 Å². The second-order valence-electron chi connectivity index (χ2n) is 7.55. The number of rotatable bonds is 4. The van der Waals surface area contributed by atoms with Gasteiger partial charge in [0.05, 0.1) is 6.54 Å². The van der Waals surface area contributed by atoms with E-state index in [1.165, 1.54) is 5.56 Å². The summed E-state index contributed by atoms with van der Waals surface area (Å²) in [6.07, 6.45) is 8.16. The van der Waals surface area contributed by atoms with E-state index in [-0.39, 0.29) is 11.8 Å². The van der Waals surface area contributed by atoms with Crippen molar-refractivity contribution in [3.63, 3.8) is 0 Å². The van der Waals surface area contributed by atoms with Gasteiger partial charge in [-0.3, -0.25) is 14.5 Å². The highest BCUT2D eigenvalue weighted by molar-refractivity contribution is 5.96. The molecule has 0 bridgehead atoms. The first kappa shape index (κ1) is 17.3. The number of nitrogens with zero attached hydrogens (tertiary/aromatic N) is 3. The molecule has 0 aromatic heterocycles. The number of amides is 2. The second-order valence-corrected chi connectivity index (χ2v) is 7.55. The van der Waals surface area contributed by atoms with Crippen LogP contribution in [0.15, 0.2) is 36.4 Å². The van der Waals surface area contributed by atoms with Crippen LogP contribution >= 0.6 is 0 Å². The minimum absolute atomic E-state index is 0.172. The second kappa shape index (κ2) is 7.62. The highest BCUT2D eigenvalue weighted by atomic mass is 16.2. The third-order valence-corrected chi connectivity index (χ3v) is 5.82. The van der Waals surface area contributed by atoms with Crippen molar-refractivity contribution in [2.24, 2.45) is 5.92 Å². The number of hydrogen-bond acceptors (Lipinski definition) is 3. The molecule has 1 fully saturated rings. The number of carbonyl (C=O) groups excluding carboxylic acids is 2. The lowest BCUT2D eigenvalue weighted by Gasteiger charge is -2.35. The van der Waals surface area contributed by atoms with E-state index in [4.69, 9.17) is 0 Å². The lowest BCUT2D eigenvalue weighted by atomic mass is 10.0. The van der Waals surface area contributed by atoms with Gasteiger partial charge >= 0.3 is 0 Å². The molecule has 0 spiro atoms. The Morgan fingerprint density at radius 1 is 1.00 bits per heavy atom. The summed E-state index contributed by atoms with van der Waals surface area (Å²) in [4.78, 5) is 31.2. The zero-order chi connectivity index (χ0) is 17.9. The van der Waals surface area contributed by atoms with Crippen LogP contribution in [0, 0.1) is 5.92 Å². The van der Waals surface area contributed by atoms with Gasteiger partial charge in [0, 0.05) is 44.8 Å². The maximum absolute atomic E-state index is 12.7. The first-order chi connectivity index (χ1) is 12.7. The summed E-state index contributed by atoms with van der Waals surface area (Å²) < 4.78 is 0. The third kappa shape index (κ3) is 3.68. The van der Waals surface area contributed by atoms with Gasteiger partial charge in [-0.15, -0.1) is 0 Å². The zero-order valence-corrected chi connectivity index (χ0v) is 15.3. The number of anilines is 1. The van der Waals surface area contributed by atoms with Crippen LogP contribution in [0.2, 0.25) is 0 Å². The highest BCUT2D eigenvalue weighted by Crippen LogP contribution is 2.27. The molecule has 4 rings (SSSR count). The van der Waals surface area contributed by atoms with Crippen LogP contribution in [0.1, 0.15) is 24.8 Å². The fourth-order valence-corrected chi connectivity index (χ4v) is 4.25. The molecule has 0 N–H and O–H groups in total. The Hall–Kier alpha value is -2.14. The minimum atomic E-state index is 0.172. The summed E-state index contributed by atoms with van der Waals surface area (Å²) >= 11 is 0. The molecule has 1 aliphatic carbocycles. The van der Waals surface area contributed by atoms with Crippen molar-refractivity contribution in [3.05, 3.63) is 42.0 Å². The molecule has 0 radical (unpaired) electrons. The lowest BCUT2D eigenvalue weighted by Crippen LogP contribution is -2.51. The highest BCUT2D eigenvalue weighted by Gasteiger charge is 2.28. The van der Waals surface area contributed by atoms with Gasteiger partial charge in [-0.25, -0.2) is 0 Å². The van der Waals surface area contributed by atoms with Gasteiger partial charge in [-0.1, -0.05) is 30.4 Å². The van der Waals surface area contributed by atoms with Gasteiger partial charge in [0.25, 0.3) is 0 Å². The summed E-state index contributed by atoms with van der Waals surface area (Å²) in [5.74, 6) is 0.865. The standard InChI is InChI=1S/C21H27N3O2/c25-20(15-17-5-1-2-6-17)23-13-11-22(12-14-23)16-21(26)24-10-9-18-7-3-4-8-19(18)24/h1,3-5,7-8,17H,2,6,9-16H2/t17-/m0/s1. The van der Waals surface area contributed by atoms with Crippen molar-refractivity contribution in [1.29, 1.82) is 0 Å². The summed E-state index contributed by atoms with van der Waals surface area (Å²) in [5.41, 5.74) is 2.33. The average molecular weight is 353 g/mol. The predicted molar refractivity (Wildman–Crippen MR) is 102 cm³/mol. The Morgan fingerprint density at radius 2 is 1.81 bits per heavy atom. The van der Waals surface area contributed by atoms with Crippen LogP contribution in [0.3, 0.4) is 0 Å². The first-order valence-corrected chi connectivity index (χ1v) is 9.76. The number of para-hydroxylation sites is 1. The largest absolute Gasteiger partial charge is 0.340 e. The average Bonchev–Trinajstić information content (AvgIpc) is 3.31. The molecule has 1 aromatic rings. The molecule has 1 saturated heterocycles. The molecule has 2 amide bonds. The van der Waals surface area contributed by atoms with Gasteiger partial charge in [0.2, 0.25) is 11.8 Å². The van der Waals surface area contributed by atoms with Gasteiger partial charge in [0.1, 0.15) is 0 Å². The predicted octanol–water partition coefficient (Wildman–Crippen LogP) is 2.08.